The molecule has 25 heavy (non-hydrogen) atoms. The van der Waals surface area contributed by atoms with Crippen LogP contribution in [-0.2, 0) is 4.79 Å². The van der Waals surface area contributed by atoms with Gasteiger partial charge in [0.05, 0.1) is 11.5 Å². The van der Waals surface area contributed by atoms with Gasteiger partial charge in [0.1, 0.15) is 0 Å². The van der Waals surface area contributed by atoms with E-state index >= 15 is 0 Å². The van der Waals surface area contributed by atoms with E-state index in [-0.39, 0.29) is 23.8 Å². The summed E-state index contributed by atoms with van der Waals surface area (Å²) in [5.41, 5.74) is 0.485. The topological polar surface area (TPSA) is 94.6 Å². The van der Waals surface area contributed by atoms with Crippen LogP contribution in [0.2, 0.25) is 0 Å². The molecule has 2 rings (SSSR count). The van der Waals surface area contributed by atoms with Crippen LogP contribution in [0.1, 0.15) is 23.2 Å². The van der Waals surface area contributed by atoms with E-state index in [0.29, 0.717) is 31.7 Å². The third-order valence-corrected chi connectivity index (χ3v) is 4.08. The van der Waals surface area contributed by atoms with Crippen molar-refractivity contribution in [3.05, 3.63) is 30.1 Å². The zero-order chi connectivity index (χ0) is 18.2. The van der Waals surface area contributed by atoms with Gasteiger partial charge in [-0.15, -0.1) is 0 Å². The fraction of sp³-hybridized carbons (Fsp3) is 0.529. The van der Waals surface area contributed by atoms with E-state index in [4.69, 9.17) is 0 Å². The molecule has 0 aromatic carbocycles. The van der Waals surface area contributed by atoms with Gasteiger partial charge in [-0.1, -0.05) is 0 Å². The number of aromatic nitrogens is 1. The summed E-state index contributed by atoms with van der Waals surface area (Å²) in [6.07, 6.45) is 4.68. The third-order valence-electron chi connectivity index (χ3n) is 4.08. The van der Waals surface area contributed by atoms with Crippen LogP contribution >= 0.6 is 0 Å². The molecule has 1 saturated heterocycles. The van der Waals surface area contributed by atoms with Gasteiger partial charge in [-0.25, -0.2) is 4.79 Å². The third kappa shape index (κ3) is 5.44. The van der Waals surface area contributed by atoms with Crippen LogP contribution in [0.4, 0.5) is 4.79 Å². The smallest absolute Gasteiger partial charge is 0.319 e. The maximum Gasteiger partial charge on any atom is 0.319 e. The molecule has 136 valence electrons. The van der Waals surface area contributed by atoms with Crippen LogP contribution in [0.3, 0.4) is 0 Å². The van der Waals surface area contributed by atoms with Crippen LogP contribution < -0.4 is 10.6 Å². The largest absolute Gasteiger partial charge is 0.354 e. The van der Waals surface area contributed by atoms with Gasteiger partial charge in [0.15, 0.2) is 0 Å². The molecule has 1 unspecified atom stereocenters. The number of likely N-dealkylation sites (tertiary alicyclic amines) is 1. The number of amides is 4. The molecule has 0 saturated carbocycles. The molecule has 0 radical (unpaired) electrons. The highest BCUT2D eigenvalue weighted by Crippen LogP contribution is 2.17. The first-order chi connectivity index (χ1) is 12.0. The second-order valence-electron chi connectivity index (χ2n) is 6.25. The zero-order valence-corrected chi connectivity index (χ0v) is 14.7. The van der Waals surface area contributed by atoms with Crippen LogP contribution in [0.25, 0.3) is 0 Å². The minimum absolute atomic E-state index is 0.0683. The molecule has 1 aromatic heterocycles. The number of hydrogen-bond donors (Lipinski definition) is 2. The summed E-state index contributed by atoms with van der Waals surface area (Å²) in [6.45, 7) is 1.81. The van der Waals surface area contributed by atoms with Crippen LogP contribution in [0, 0.1) is 5.92 Å². The average Bonchev–Trinajstić information content (AvgIpc) is 2.65. The first-order valence-electron chi connectivity index (χ1n) is 8.41. The summed E-state index contributed by atoms with van der Waals surface area (Å²) >= 11 is 0. The molecule has 2 N–H and O–H groups in total. The maximum absolute atomic E-state index is 12.3. The lowest BCUT2D eigenvalue weighted by atomic mass is 9.97. The van der Waals surface area contributed by atoms with E-state index in [9.17, 15) is 14.4 Å². The number of piperidine rings is 1. The molecule has 1 aliphatic rings. The summed E-state index contributed by atoms with van der Waals surface area (Å²) in [4.78, 5) is 43.2. The van der Waals surface area contributed by atoms with E-state index in [0.717, 1.165) is 12.8 Å². The van der Waals surface area contributed by atoms with Crippen molar-refractivity contribution < 1.29 is 14.4 Å². The number of pyridine rings is 1. The lowest BCUT2D eigenvalue weighted by Gasteiger charge is -2.33. The summed E-state index contributed by atoms with van der Waals surface area (Å²) in [5, 5.41) is 5.56. The minimum atomic E-state index is -0.220. The quantitative estimate of drug-likeness (QED) is 0.750. The van der Waals surface area contributed by atoms with E-state index in [1.807, 2.05) is 0 Å². The van der Waals surface area contributed by atoms with Gasteiger partial charge in [0, 0.05) is 52.7 Å². The fourth-order valence-electron chi connectivity index (χ4n) is 2.75. The Labute approximate surface area is 147 Å². The van der Waals surface area contributed by atoms with Gasteiger partial charge < -0.3 is 20.4 Å². The minimum Gasteiger partial charge on any atom is -0.354 e. The van der Waals surface area contributed by atoms with Crippen LogP contribution in [0.15, 0.2) is 24.5 Å². The first-order valence-corrected chi connectivity index (χ1v) is 8.41. The number of nitrogens with one attached hydrogen (secondary N) is 2. The van der Waals surface area contributed by atoms with Gasteiger partial charge in [0.2, 0.25) is 5.91 Å². The Hall–Kier alpha value is -2.64. The maximum atomic E-state index is 12.3. The molecule has 1 fully saturated rings. The second-order valence-corrected chi connectivity index (χ2v) is 6.25. The summed E-state index contributed by atoms with van der Waals surface area (Å²) < 4.78 is 0. The van der Waals surface area contributed by atoms with Gasteiger partial charge in [-0.2, -0.15) is 0 Å². The predicted octanol–water partition coefficient (Wildman–Crippen LogP) is 0.321. The van der Waals surface area contributed by atoms with Crippen molar-refractivity contribution in [3.63, 3.8) is 0 Å². The summed E-state index contributed by atoms with van der Waals surface area (Å²) in [5.74, 6) is -0.499. The Kier molecular flexibility index (Phi) is 6.73. The standard InChI is InChI=1S/C17H25N5O3/c1-21(2)17(25)22-10-4-6-14(12-22)16(24)20-9-8-19-15(23)13-5-3-7-18-11-13/h3,5,7,11,14H,4,6,8-10,12H2,1-2H3,(H,19,23)(H,20,24). The molecule has 8 nitrogen and oxygen atoms in total. The summed E-state index contributed by atoms with van der Waals surface area (Å²) in [7, 11) is 3.41. The first kappa shape index (κ1) is 18.7. The normalized spacial score (nSPS) is 16.9. The predicted molar refractivity (Wildman–Crippen MR) is 93.0 cm³/mol. The van der Waals surface area contributed by atoms with E-state index in [1.165, 1.54) is 11.1 Å². The molecule has 1 aliphatic heterocycles. The van der Waals surface area contributed by atoms with E-state index < -0.39 is 0 Å². The van der Waals surface area contributed by atoms with Gasteiger partial charge in [-0.05, 0) is 25.0 Å². The van der Waals surface area contributed by atoms with Crippen molar-refractivity contribution in [1.82, 2.24) is 25.4 Å². The molecular formula is C17H25N5O3. The zero-order valence-electron chi connectivity index (χ0n) is 14.7. The number of urea groups is 1. The molecule has 2 heterocycles. The molecular weight excluding hydrogens is 322 g/mol. The van der Waals surface area contributed by atoms with Crippen molar-refractivity contribution in [1.29, 1.82) is 0 Å². The average molecular weight is 347 g/mol. The van der Waals surface area contributed by atoms with Gasteiger partial charge in [0.25, 0.3) is 5.91 Å². The SMILES string of the molecule is CN(C)C(=O)N1CCCC(C(=O)NCCNC(=O)c2cccnc2)C1. The number of hydrogen-bond acceptors (Lipinski definition) is 4. The Bertz CT molecular complexity index is 606. The number of carbonyl (C=O) groups excluding carboxylic acids is 3. The number of nitrogens with zero attached hydrogens (tertiary/aromatic N) is 3. The molecule has 1 atom stereocenters. The Morgan fingerprint density at radius 3 is 2.72 bits per heavy atom. The van der Waals surface area contributed by atoms with Crippen molar-refractivity contribution in [2.45, 2.75) is 12.8 Å². The molecule has 1 aromatic rings. The van der Waals surface area contributed by atoms with E-state index in [1.54, 1.807) is 37.3 Å². The van der Waals surface area contributed by atoms with Crippen molar-refractivity contribution in [3.8, 4) is 0 Å². The number of rotatable bonds is 5. The Morgan fingerprint density at radius 2 is 2.04 bits per heavy atom. The van der Waals surface area contributed by atoms with Crippen molar-refractivity contribution >= 4 is 17.8 Å². The second kappa shape index (κ2) is 9.00. The molecule has 4 amide bonds. The molecule has 0 spiro atoms. The van der Waals surface area contributed by atoms with Crippen LogP contribution in [0.5, 0.6) is 0 Å². The highest BCUT2D eigenvalue weighted by molar-refractivity contribution is 5.93. The summed E-state index contributed by atoms with van der Waals surface area (Å²) in [6, 6.07) is 3.31. The Balaban J connectivity index is 1.71. The molecule has 0 aliphatic carbocycles. The van der Waals surface area contributed by atoms with Crippen molar-refractivity contribution in [2.75, 3.05) is 40.3 Å². The highest BCUT2D eigenvalue weighted by Gasteiger charge is 2.28. The van der Waals surface area contributed by atoms with Gasteiger partial charge >= 0.3 is 6.03 Å². The van der Waals surface area contributed by atoms with Crippen molar-refractivity contribution in [2.24, 2.45) is 5.92 Å². The lowest BCUT2D eigenvalue weighted by Crippen LogP contribution is -2.49. The monoisotopic (exact) mass is 347 g/mol. The number of carbonyl (C=O) groups is 3. The lowest BCUT2D eigenvalue weighted by molar-refractivity contribution is -0.126. The van der Waals surface area contributed by atoms with E-state index in [2.05, 4.69) is 15.6 Å². The van der Waals surface area contributed by atoms with Crippen LogP contribution in [-0.4, -0.2) is 72.9 Å². The Morgan fingerprint density at radius 1 is 1.28 bits per heavy atom. The fourth-order valence-corrected chi connectivity index (χ4v) is 2.75. The highest BCUT2D eigenvalue weighted by atomic mass is 16.2. The van der Waals surface area contributed by atoms with Gasteiger partial charge in [-0.3, -0.25) is 14.6 Å². The molecule has 8 heteroatoms. The molecule has 0 bridgehead atoms.